The van der Waals surface area contributed by atoms with E-state index in [4.69, 9.17) is 31.4 Å². The van der Waals surface area contributed by atoms with Crippen molar-refractivity contribution in [3.05, 3.63) is 47.1 Å². The summed E-state index contributed by atoms with van der Waals surface area (Å²) in [6.07, 6.45) is 5.29. The first kappa shape index (κ1) is 29.4. The third-order valence-corrected chi connectivity index (χ3v) is 8.10. The Hall–Kier alpha value is -2.59. The monoisotopic (exact) mass is 593 g/mol. The van der Waals surface area contributed by atoms with Crippen LogP contribution in [0.4, 0.5) is 17.2 Å². The van der Waals surface area contributed by atoms with Crippen LogP contribution in [0.1, 0.15) is 24.4 Å². The fourth-order valence-corrected chi connectivity index (χ4v) is 5.87. The maximum atomic E-state index is 12.3. The topological polar surface area (TPSA) is 143 Å². The molecule has 4 rings (SSSR count). The molecule has 0 amide bonds. The molecule has 1 aliphatic rings. The third-order valence-electron chi connectivity index (χ3n) is 6.18. The molecule has 0 aromatic carbocycles. The Kier molecular flexibility index (Phi) is 9.26. The van der Waals surface area contributed by atoms with Crippen molar-refractivity contribution in [3.63, 3.8) is 0 Å². The van der Waals surface area contributed by atoms with Gasteiger partial charge in [0.15, 0.2) is 5.15 Å². The standard InChI is InChI=1S/C24H32ClN9O3S2/c1-15(33-6-8-37-9-7-33)17-10-19(20-12-22(38-5)30-16(2)29-20)24(28-13-17)31-18-11-21(23(25)27-14-18)34(32(3)4)39(26,35)36/h10-15H,6-9H2,1-5H3,(H,28,31)(H2,26,35,36). The lowest BCUT2D eigenvalue weighted by atomic mass is 10.0. The molecular formula is C24H32ClN9O3S2. The Labute approximate surface area is 238 Å². The molecule has 12 nitrogen and oxygen atoms in total. The lowest BCUT2D eigenvalue weighted by molar-refractivity contribution is 0.0198. The molecule has 4 heterocycles. The maximum absolute atomic E-state index is 12.3. The van der Waals surface area contributed by atoms with Crippen LogP contribution in [0.3, 0.4) is 0 Å². The average Bonchev–Trinajstić information content (AvgIpc) is 2.89. The molecule has 0 spiro atoms. The van der Waals surface area contributed by atoms with Gasteiger partial charge in [-0.15, -0.1) is 11.8 Å². The first-order valence-corrected chi connectivity index (χ1v) is 15.2. The van der Waals surface area contributed by atoms with Gasteiger partial charge in [0.25, 0.3) is 0 Å². The number of ether oxygens (including phenoxy) is 1. The van der Waals surface area contributed by atoms with Crippen molar-refractivity contribution >= 4 is 50.8 Å². The summed E-state index contributed by atoms with van der Waals surface area (Å²) >= 11 is 7.80. The highest BCUT2D eigenvalue weighted by Gasteiger charge is 2.25. The summed E-state index contributed by atoms with van der Waals surface area (Å²) in [6, 6.07) is 5.66. The third kappa shape index (κ3) is 6.95. The van der Waals surface area contributed by atoms with Crippen LogP contribution in [-0.4, -0.2) is 84.9 Å². The summed E-state index contributed by atoms with van der Waals surface area (Å²) in [5.41, 5.74) is 3.06. The highest BCUT2D eigenvalue weighted by Crippen LogP contribution is 2.35. The Morgan fingerprint density at radius 2 is 1.87 bits per heavy atom. The Balaban J connectivity index is 1.79. The number of morpholine rings is 1. The van der Waals surface area contributed by atoms with Gasteiger partial charge in [-0.05, 0) is 43.9 Å². The molecule has 1 aliphatic heterocycles. The van der Waals surface area contributed by atoms with Gasteiger partial charge >= 0.3 is 10.2 Å². The number of hydrogen-bond donors (Lipinski definition) is 2. The molecule has 0 bridgehead atoms. The number of pyridine rings is 2. The predicted molar refractivity (Wildman–Crippen MR) is 154 cm³/mol. The van der Waals surface area contributed by atoms with Gasteiger partial charge in [0.2, 0.25) is 0 Å². The van der Waals surface area contributed by atoms with Crippen molar-refractivity contribution in [2.24, 2.45) is 5.14 Å². The van der Waals surface area contributed by atoms with Crippen LogP contribution in [0.2, 0.25) is 5.15 Å². The summed E-state index contributed by atoms with van der Waals surface area (Å²) in [4.78, 5) is 20.5. The van der Waals surface area contributed by atoms with Gasteiger partial charge in [-0.25, -0.2) is 30.1 Å². The lowest BCUT2D eigenvalue weighted by Crippen LogP contribution is -2.46. The lowest BCUT2D eigenvalue weighted by Gasteiger charge is -2.32. The quantitative estimate of drug-likeness (QED) is 0.163. The van der Waals surface area contributed by atoms with Crippen molar-refractivity contribution in [1.29, 1.82) is 0 Å². The van der Waals surface area contributed by atoms with Crippen LogP contribution in [-0.2, 0) is 14.9 Å². The summed E-state index contributed by atoms with van der Waals surface area (Å²) < 4.78 is 30.9. The van der Waals surface area contributed by atoms with Crippen molar-refractivity contribution in [3.8, 4) is 11.3 Å². The number of thioether (sulfide) groups is 1. The zero-order valence-electron chi connectivity index (χ0n) is 22.4. The van der Waals surface area contributed by atoms with Gasteiger partial charge in [-0.1, -0.05) is 11.6 Å². The van der Waals surface area contributed by atoms with Crippen molar-refractivity contribution in [2.75, 3.05) is 56.4 Å². The number of halogens is 1. The largest absolute Gasteiger partial charge is 0.379 e. The van der Waals surface area contributed by atoms with Crippen LogP contribution in [0.5, 0.6) is 0 Å². The van der Waals surface area contributed by atoms with Gasteiger partial charge in [-0.3, -0.25) is 4.90 Å². The van der Waals surface area contributed by atoms with E-state index in [-0.39, 0.29) is 16.9 Å². The van der Waals surface area contributed by atoms with E-state index in [9.17, 15) is 8.42 Å². The molecule has 15 heteroatoms. The van der Waals surface area contributed by atoms with Crippen LogP contribution in [0.25, 0.3) is 11.3 Å². The van der Waals surface area contributed by atoms with Crippen LogP contribution in [0, 0.1) is 6.92 Å². The van der Waals surface area contributed by atoms with Gasteiger partial charge in [0, 0.05) is 45.0 Å². The normalized spacial score (nSPS) is 15.4. The highest BCUT2D eigenvalue weighted by molar-refractivity contribution is 7.98. The molecule has 1 unspecified atom stereocenters. The summed E-state index contributed by atoms with van der Waals surface area (Å²) in [5.74, 6) is 1.15. The first-order chi connectivity index (χ1) is 18.5. The van der Waals surface area contributed by atoms with Gasteiger partial charge in [-0.2, -0.15) is 12.8 Å². The number of anilines is 3. The van der Waals surface area contributed by atoms with Crippen LogP contribution < -0.4 is 14.9 Å². The molecule has 0 aliphatic carbocycles. The highest BCUT2D eigenvalue weighted by atomic mass is 35.5. The van der Waals surface area contributed by atoms with Crippen molar-refractivity contribution < 1.29 is 13.2 Å². The summed E-state index contributed by atoms with van der Waals surface area (Å²) in [7, 11) is -1.09. The van der Waals surface area contributed by atoms with Crippen LogP contribution >= 0.6 is 23.4 Å². The molecule has 39 heavy (non-hydrogen) atoms. The molecular weight excluding hydrogens is 562 g/mol. The molecule has 0 saturated carbocycles. The number of aryl methyl sites for hydroxylation is 1. The fourth-order valence-electron chi connectivity index (χ4n) is 4.32. The van der Waals surface area contributed by atoms with E-state index >= 15 is 0 Å². The predicted octanol–water partition coefficient (Wildman–Crippen LogP) is 3.24. The molecule has 3 N–H and O–H groups in total. The van der Waals surface area contributed by atoms with Gasteiger partial charge in [0.05, 0.1) is 30.8 Å². The van der Waals surface area contributed by atoms with E-state index in [1.54, 1.807) is 6.07 Å². The maximum Gasteiger partial charge on any atom is 0.312 e. The molecule has 1 fully saturated rings. The molecule has 3 aromatic rings. The van der Waals surface area contributed by atoms with Crippen molar-refractivity contribution in [2.45, 2.75) is 24.9 Å². The number of aromatic nitrogens is 4. The van der Waals surface area contributed by atoms with Crippen molar-refractivity contribution in [1.82, 2.24) is 29.8 Å². The molecule has 210 valence electrons. The number of nitrogens with zero attached hydrogens (tertiary/aromatic N) is 7. The van der Waals surface area contributed by atoms with Crippen LogP contribution in [0.15, 0.2) is 35.6 Å². The number of nitrogens with two attached hydrogens (primary N) is 1. The average molecular weight is 594 g/mol. The van der Waals surface area contributed by atoms with E-state index in [1.807, 2.05) is 25.4 Å². The molecule has 0 radical (unpaired) electrons. The Morgan fingerprint density at radius 3 is 2.51 bits per heavy atom. The first-order valence-electron chi connectivity index (χ1n) is 12.1. The Bertz CT molecular complexity index is 1440. The zero-order valence-corrected chi connectivity index (χ0v) is 24.8. The minimum Gasteiger partial charge on any atom is -0.379 e. The van der Waals surface area contributed by atoms with E-state index in [2.05, 4.69) is 33.2 Å². The van der Waals surface area contributed by atoms with E-state index < -0.39 is 10.2 Å². The summed E-state index contributed by atoms with van der Waals surface area (Å²) in [5, 5.41) is 10.8. The SMILES string of the molecule is CSc1cc(-c2cc(C(C)N3CCOCC3)cnc2Nc2cnc(Cl)c(N(N(C)C)S(N)(=O)=O)c2)nc(C)n1. The second kappa shape index (κ2) is 12.3. The van der Waals surface area contributed by atoms with E-state index in [0.29, 0.717) is 36.2 Å². The van der Waals surface area contributed by atoms with Gasteiger partial charge in [0.1, 0.15) is 22.4 Å². The number of nitrogens with one attached hydrogen (secondary N) is 1. The second-order valence-electron chi connectivity index (χ2n) is 9.13. The smallest absolute Gasteiger partial charge is 0.312 e. The minimum atomic E-state index is -4.16. The second-order valence-corrected chi connectivity index (χ2v) is 11.7. The minimum absolute atomic E-state index is 0.0258. The molecule has 3 aromatic heterocycles. The zero-order chi connectivity index (χ0) is 28.3. The number of rotatable bonds is 9. The summed E-state index contributed by atoms with van der Waals surface area (Å²) in [6.45, 7) is 7.07. The molecule has 1 atom stereocenters. The van der Waals surface area contributed by atoms with E-state index in [0.717, 1.165) is 33.7 Å². The molecule has 1 saturated heterocycles. The van der Waals surface area contributed by atoms with E-state index in [1.165, 1.54) is 37.1 Å². The Morgan fingerprint density at radius 1 is 1.15 bits per heavy atom. The number of hydrogen-bond acceptors (Lipinski definition) is 11. The van der Waals surface area contributed by atoms with Gasteiger partial charge < -0.3 is 10.1 Å². The number of hydrazine groups is 1. The fraction of sp³-hybridized carbons (Fsp3) is 0.417.